The highest BCUT2D eigenvalue weighted by molar-refractivity contribution is 5.79. The SMILES string of the molecule is C[C@]12CCC(=O)C[C@@H]1CC[C@@H]1[C@H]3CC[C@H](OC(=O)CC[NH+]4CCOCC4)[C@@]3(C)CC[C@@H]12. The Balaban J connectivity index is 1.22. The van der Waals surface area contributed by atoms with E-state index < -0.39 is 0 Å². The lowest BCUT2D eigenvalue weighted by Crippen LogP contribution is -3.14. The van der Waals surface area contributed by atoms with Crippen molar-refractivity contribution in [3.63, 3.8) is 0 Å². The Morgan fingerprint density at radius 3 is 2.61 bits per heavy atom. The van der Waals surface area contributed by atoms with E-state index in [1.807, 2.05) is 0 Å². The standard InChI is InChI=1S/C26H41NO4/c1-25-10-7-19(28)17-18(25)3-4-20-21-5-6-23(26(21,2)11-8-22(20)25)31-24(29)9-12-27-13-15-30-16-14-27/h18,20-23H,3-17H2,1-2H3/p+1/t18-,20+,21+,22-,23-,25-,26-/m0/s1. The van der Waals surface area contributed by atoms with Crippen molar-refractivity contribution in [2.75, 3.05) is 32.8 Å². The van der Waals surface area contributed by atoms with Crippen molar-refractivity contribution < 1.29 is 24.0 Å². The summed E-state index contributed by atoms with van der Waals surface area (Å²) >= 11 is 0. The van der Waals surface area contributed by atoms with Crippen molar-refractivity contribution in [2.45, 2.75) is 84.2 Å². The fraction of sp³-hybridized carbons (Fsp3) is 0.923. The molecule has 5 nitrogen and oxygen atoms in total. The maximum absolute atomic E-state index is 12.7. The molecular weight excluding hydrogens is 390 g/mol. The molecule has 5 fully saturated rings. The summed E-state index contributed by atoms with van der Waals surface area (Å²) in [7, 11) is 0. The van der Waals surface area contributed by atoms with Crippen molar-refractivity contribution in [1.82, 2.24) is 0 Å². The summed E-state index contributed by atoms with van der Waals surface area (Å²) < 4.78 is 11.6. The summed E-state index contributed by atoms with van der Waals surface area (Å²) in [5.74, 6) is 3.32. The van der Waals surface area contributed by atoms with Crippen LogP contribution in [0.3, 0.4) is 0 Å². The molecule has 0 radical (unpaired) electrons. The first-order valence-electron chi connectivity index (χ1n) is 13.0. The number of nitrogens with one attached hydrogen (secondary N) is 1. The first-order valence-corrected chi connectivity index (χ1v) is 13.0. The predicted molar refractivity (Wildman–Crippen MR) is 118 cm³/mol. The van der Waals surface area contributed by atoms with Crippen molar-refractivity contribution in [3.8, 4) is 0 Å². The van der Waals surface area contributed by atoms with Gasteiger partial charge >= 0.3 is 5.97 Å². The van der Waals surface area contributed by atoms with Crippen LogP contribution in [0.15, 0.2) is 0 Å². The third-order valence-corrected chi connectivity index (χ3v) is 10.6. The molecule has 7 atom stereocenters. The van der Waals surface area contributed by atoms with Crippen LogP contribution >= 0.6 is 0 Å². The predicted octanol–water partition coefficient (Wildman–Crippen LogP) is 2.82. The molecule has 5 aliphatic rings. The minimum Gasteiger partial charge on any atom is -0.462 e. The third kappa shape index (κ3) is 3.88. The fourth-order valence-electron chi connectivity index (χ4n) is 8.60. The van der Waals surface area contributed by atoms with E-state index in [9.17, 15) is 9.59 Å². The highest BCUT2D eigenvalue weighted by Gasteiger charge is 2.61. The molecule has 0 aromatic rings. The van der Waals surface area contributed by atoms with E-state index in [2.05, 4.69) is 13.8 Å². The molecule has 1 heterocycles. The van der Waals surface area contributed by atoms with Gasteiger partial charge in [-0.3, -0.25) is 9.59 Å². The van der Waals surface area contributed by atoms with Gasteiger partial charge in [-0.1, -0.05) is 13.8 Å². The number of Topliss-reactive ketones (excluding diaryl/α,β-unsaturated/α-hetero) is 1. The molecule has 1 aliphatic heterocycles. The van der Waals surface area contributed by atoms with Crippen LogP contribution in [0.1, 0.15) is 78.1 Å². The summed E-state index contributed by atoms with van der Waals surface area (Å²) in [5.41, 5.74) is 0.504. The van der Waals surface area contributed by atoms with Crippen molar-refractivity contribution in [2.24, 2.45) is 34.5 Å². The van der Waals surface area contributed by atoms with E-state index in [1.165, 1.54) is 37.0 Å². The van der Waals surface area contributed by atoms with Gasteiger partial charge in [0, 0.05) is 18.3 Å². The Labute approximate surface area is 187 Å². The molecule has 1 saturated heterocycles. The van der Waals surface area contributed by atoms with Gasteiger partial charge in [-0.15, -0.1) is 0 Å². The van der Waals surface area contributed by atoms with Gasteiger partial charge in [-0.25, -0.2) is 0 Å². The second-order valence-electron chi connectivity index (χ2n) is 11.9. The molecule has 0 spiro atoms. The van der Waals surface area contributed by atoms with Gasteiger partial charge in [0.15, 0.2) is 0 Å². The first-order chi connectivity index (χ1) is 14.9. The second-order valence-corrected chi connectivity index (χ2v) is 11.9. The topological polar surface area (TPSA) is 57.0 Å². The molecule has 5 rings (SSSR count). The molecular formula is C26H42NO4+. The fourth-order valence-corrected chi connectivity index (χ4v) is 8.60. The van der Waals surface area contributed by atoms with Gasteiger partial charge in [0.25, 0.3) is 0 Å². The number of carbonyl (C=O) groups excluding carboxylic acids is 2. The average molecular weight is 433 g/mol. The number of ketones is 1. The van der Waals surface area contributed by atoms with Gasteiger partial charge in [-0.05, 0) is 74.0 Å². The second kappa shape index (κ2) is 8.44. The Morgan fingerprint density at radius 2 is 1.81 bits per heavy atom. The number of hydrogen-bond acceptors (Lipinski definition) is 4. The Kier molecular flexibility index (Phi) is 5.96. The van der Waals surface area contributed by atoms with E-state index in [1.54, 1.807) is 0 Å². The molecule has 1 N–H and O–H groups in total. The molecule has 4 saturated carbocycles. The van der Waals surface area contributed by atoms with Gasteiger partial charge in [-0.2, -0.15) is 0 Å². The lowest BCUT2D eigenvalue weighted by molar-refractivity contribution is -0.907. The van der Waals surface area contributed by atoms with Crippen molar-refractivity contribution in [1.29, 1.82) is 0 Å². The highest BCUT2D eigenvalue weighted by Crippen LogP contribution is 2.66. The van der Waals surface area contributed by atoms with Gasteiger partial charge in [0.2, 0.25) is 0 Å². The van der Waals surface area contributed by atoms with Crippen LogP contribution in [0.4, 0.5) is 0 Å². The first kappa shape index (κ1) is 21.9. The van der Waals surface area contributed by atoms with E-state index in [-0.39, 0.29) is 17.5 Å². The number of esters is 1. The maximum atomic E-state index is 12.7. The Hall–Kier alpha value is -0.940. The average Bonchev–Trinajstić information content (AvgIpc) is 3.10. The maximum Gasteiger partial charge on any atom is 0.311 e. The number of rotatable bonds is 4. The quantitative estimate of drug-likeness (QED) is 0.694. The molecule has 4 aliphatic carbocycles. The van der Waals surface area contributed by atoms with Crippen molar-refractivity contribution >= 4 is 11.8 Å². The summed E-state index contributed by atoms with van der Waals surface area (Å²) in [6.45, 7) is 9.43. The molecule has 0 amide bonds. The van der Waals surface area contributed by atoms with Crippen LogP contribution in [-0.4, -0.2) is 50.7 Å². The zero-order chi connectivity index (χ0) is 21.6. The molecule has 0 aromatic carbocycles. The van der Waals surface area contributed by atoms with E-state index in [0.717, 1.165) is 70.4 Å². The minimum absolute atomic E-state index is 0.00875. The van der Waals surface area contributed by atoms with Crippen LogP contribution in [0.5, 0.6) is 0 Å². The van der Waals surface area contributed by atoms with Crippen LogP contribution in [-0.2, 0) is 19.1 Å². The monoisotopic (exact) mass is 432 g/mol. The molecule has 0 aromatic heterocycles. The normalized spacial score (nSPS) is 45.5. The highest BCUT2D eigenvalue weighted by atomic mass is 16.5. The smallest absolute Gasteiger partial charge is 0.311 e. The summed E-state index contributed by atoms with van der Waals surface area (Å²) in [6, 6.07) is 0. The lowest BCUT2D eigenvalue weighted by Gasteiger charge is -2.60. The number of morpholine rings is 1. The Bertz CT molecular complexity index is 704. The van der Waals surface area contributed by atoms with Gasteiger partial charge in [0.1, 0.15) is 25.0 Å². The van der Waals surface area contributed by atoms with E-state index in [4.69, 9.17) is 9.47 Å². The van der Waals surface area contributed by atoms with Crippen LogP contribution in [0.25, 0.3) is 0 Å². The van der Waals surface area contributed by atoms with E-state index >= 15 is 0 Å². The summed E-state index contributed by atoms with van der Waals surface area (Å²) in [6.07, 6.45) is 10.5. The Morgan fingerprint density at radius 1 is 1.03 bits per heavy atom. The summed E-state index contributed by atoms with van der Waals surface area (Å²) in [4.78, 5) is 26.3. The number of hydrogen-bond donors (Lipinski definition) is 1. The lowest BCUT2D eigenvalue weighted by atomic mass is 9.45. The van der Waals surface area contributed by atoms with Gasteiger partial charge < -0.3 is 14.4 Å². The zero-order valence-electron chi connectivity index (χ0n) is 19.6. The number of carbonyl (C=O) groups is 2. The number of fused-ring (bicyclic) bond motifs is 5. The summed E-state index contributed by atoms with van der Waals surface area (Å²) in [5, 5.41) is 0. The molecule has 31 heavy (non-hydrogen) atoms. The number of quaternary nitrogens is 1. The van der Waals surface area contributed by atoms with E-state index in [0.29, 0.717) is 29.5 Å². The minimum atomic E-state index is 0.00875. The molecule has 0 unspecified atom stereocenters. The van der Waals surface area contributed by atoms with Crippen LogP contribution in [0, 0.1) is 34.5 Å². The molecule has 5 heteroatoms. The van der Waals surface area contributed by atoms with Crippen LogP contribution in [0.2, 0.25) is 0 Å². The molecule has 174 valence electrons. The zero-order valence-corrected chi connectivity index (χ0v) is 19.6. The molecule has 0 bridgehead atoms. The van der Waals surface area contributed by atoms with Gasteiger partial charge in [0.05, 0.1) is 26.2 Å². The third-order valence-electron chi connectivity index (χ3n) is 10.6. The largest absolute Gasteiger partial charge is 0.462 e. The van der Waals surface area contributed by atoms with Crippen molar-refractivity contribution in [3.05, 3.63) is 0 Å². The van der Waals surface area contributed by atoms with Crippen LogP contribution < -0.4 is 4.90 Å². The number of ether oxygens (including phenoxy) is 2.